The molecule has 0 bridgehead atoms. The lowest BCUT2D eigenvalue weighted by atomic mass is 10.2. The van der Waals surface area contributed by atoms with E-state index in [1.165, 1.54) is 11.8 Å². The zero-order valence-corrected chi connectivity index (χ0v) is 16.5. The predicted octanol–water partition coefficient (Wildman–Crippen LogP) is 1.42. The highest BCUT2D eigenvalue weighted by Crippen LogP contribution is 2.27. The molecule has 2 saturated heterocycles. The number of hydrogen-bond donors (Lipinski definition) is 1. The van der Waals surface area contributed by atoms with Crippen LogP contribution in [0.2, 0.25) is 0 Å². The Hall–Kier alpha value is -1.58. The number of ether oxygens (including phenoxy) is 2. The molecule has 2 aliphatic heterocycles. The van der Waals surface area contributed by atoms with Gasteiger partial charge in [-0.1, -0.05) is 12.1 Å². The molecule has 0 saturated carbocycles. The van der Waals surface area contributed by atoms with E-state index in [2.05, 4.69) is 5.32 Å². The van der Waals surface area contributed by atoms with Crippen molar-refractivity contribution in [3.63, 3.8) is 0 Å². The largest absolute Gasteiger partial charge is 0.452 e. The number of amides is 1. The number of sulfone groups is 1. The maximum Gasteiger partial charge on any atom is 0.339 e. The van der Waals surface area contributed by atoms with Crippen molar-refractivity contribution in [1.29, 1.82) is 0 Å². The molecule has 3 rings (SSSR count). The lowest BCUT2D eigenvalue weighted by Gasteiger charge is -2.13. The average molecular weight is 414 g/mol. The summed E-state index contributed by atoms with van der Waals surface area (Å²) in [4.78, 5) is 25.1. The standard InChI is InChI=1S/C18H23NO6S2/c20-17(19-13-7-9-27(22,23)12-13)10-25-18(21)15-5-1-2-6-16(15)26-11-14-4-3-8-24-14/h1-2,5-6,13-14H,3-4,7-12H2,(H,19,20)/t13-,14-/m1/s1. The van der Waals surface area contributed by atoms with Gasteiger partial charge in [0, 0.05) is 23.3 Å². The molecule has 148 valence electrons. The molecular formula is C18H23NO6S2. The highest BCUT2D eigenvalue weighted by Gasteiger charge is 2.29. The zero-order chi connectivity index (χ0) is 19.3. The monoisotopic (exact) mass is 413 g/mol. The van der Waals surface area contributed by atoms with Crippen LogP contribution in [-0.4, -0.2) is 62.9 Å². The molecule has 0 radical (unpaired) electrons. The quantitative estimate of drug-likeness (QED) is 0.533. The van der Waals surface area contributed by atoms with Crippen LogP contribution in [0.15, 0.2) is 29.2 Å². The summed E-state index contributed by atoms with van der Waals surface area (Å²) in [6.45, 7) is 0.354. The molecule has 2 fully saturated rings. The molecule has 0 spiro atoms. The van der Waals surface area contributed by atoms with Gasteiger partial charge >= 0.3 is 5.97 Å². The highest BCUT2D eigenvalue weighted by atomic mass is 32.2. The van der Waals surface area contributed by atoms with E-state index in [1.54, 1.807) is 12.1 Å². The van der Waals surface area contributed by atoms with Gasteiger partial charge in [-0.3, -0.25) is 4.79 Å². The molecule has 1 aromatic carbocycles. The Balaban J connectivity index is 1.49. The van der Waals surface area contributed by atoms with Gasteiger partial charge in [-0.2, -0.15) is 0 Å². The molecule has 7 nitrogen and oxygen atoms in total. The fourth-order valence-corrected chi connectivity index (χ4v) is 5.89. The van der Waals surface area contributed by atoms with Crippen LogP contribution in [0.1, 0.15) is 29.6 Å². The van der Waals surface area contributed by atoms with Gasteiger partial charge < -0.3 is 14.8 Å². The van der Waals surface area contributed by atoms with E-state index >= 15 is 0 Å². The molecule has 2 aliphatic rings. The molecule has 1 N–H and O–H groups in total. The van der Waals surface area contributed by atoms with Crippen molar-refractivity contribution < 1.29 is 27.5 Å². The highest BCUT2D eigenvalue weighted by molar-refractivity contribution is 7.99. The molecule has 2 heterocycles. The van der Waals surface area contributed by atoms with Gasteiger partial charge in [0.15, 0.2) is 16.4 Å². The third-order valence-electron chi connectivity index (χ3n) is 4.49. The van der Waals surface area contributed by atoms with Crippen molar-refractivity contribution in [1.82, 2.24) is 5.32 Å². The second kappa shape index (κ2) is 9.07. The minimum atomic E-state index is -3.07. The van der Waals surface area contributed by atoms with E-state index < -0.39 is 34.4 Å². The van der Waals surface area contributed by atoms with Gasteiger partial charge in [-0.15, -0.1) is 11.8 Å². The van der Waals surface area contributed by atoms with Gasteiger partial charge in [-0.25, -0.2) is 13.2 Å². The smallest absolute Gasteiger partial charge is 0.339 e. The Bertz CT molecular complexity index is 789. The summed E-state index contributed by atoms with van der Waals surface area (Å²) in [6.07, 6.45) is 2.68. The molecule has 0 aliphatic carbocycles. The summed E-state index contributed by atoms with van der Waals surface area (Å²) in [5.41, 5.74) is 0.414. The van der Waals surface area contributed by atoms with Crippen LogP contribution in [0.5, 0.6) is 0 Å². The van der Waals surface area contributed by atoms with Crippen LogP contribution in [0.3, 0.4) is 0 Å². The minimum absolute atomic E-state index is 0.0601. The van der Waals surface area contributed by atoms with Gasteiger partial charge in [0.1, 0.15) is 0 Å². The number of nitrogens with one attached hydrogen (secondary N) is 1. The van der Waals surface area contributed by atoms with Crippen molar-refractivity contribution in [3.05, 3.63) is 29.8 Å². The Labute approximate surface area is 163 Å². The second-order valence-corrected chi connectivity index (χ2v) is 9.98. The minimum Gasteiger partial charge on any atom is -0.452 e. The summed E-state index contributed by atoms with van der Waals surface area (Å²) in [7, 11) is -3.07. The third-order valence-corrected chi connectivity index (χ3v) is 7.46. The number of rotatable bonds is 7. The molecule has 1 amide bonds. The Morgan fingerprint density at radius 1 is 1.26 bits per heavy atom. The van der Waals surface area contributed by atoms with E-state index in [-0.39, 0.29) is 17.6 Å². The molecule has 0 aromatic heterocycles. The molecule has 27 heavy (non-hydrogen) atoms. The third kappa shape index (κ3) is 5.95. The lowest BCUT2D eigenvalue weighted by Crippen LogP contribution is -2.38. The predicted molar refractivity (Wildman–Crippen MR) is 102 cm³/mol. The molecule has 9 heteroatoms. The van der Waals surface area contributed by atoms with Crippen molar-refractivity contribution in [2.24, 2.45) is 0 Å². The van der Waals surface area contributed by atoms with Crippen LogP contribution in [-0.2, 0) is 24.1 Å². The van der Waals surface area contributed by atoms with Gasteiger partial charge in [0.05, 0.1) is 23.2 Å². The zero-order valence-electron chi connectivity index (χ0n) is 14.9. The van der Waals surface area contributed by atoms with E-state index in [4.69, 9.17) is 9.47 Å². The van der Waals surface area contributed by atoms with Crippen molar-refractivity contribution in [2.75, 3.05) is 30.5 Å². The van der Waals surface area contributed by atoms with Crippen LogP contribution in [0.4, 0.5) is 0 Å². The number of hydrogen-bond acceptors (Lipinski definition) is 7. The first-order valence-corrected chi connectivity index (χ1v) is 11.7. The average Bonchev–Trinajstić information content (AvgIpc) is 3.27. The second-order valence-electron chi connectivity index (χ2n) is 6.69. The van der Waals surface area contributed by atoms with E-state index in [0.717, 1.165) is 30.1 Å². The normalized spacial score (nSPS) is 23.9. The fourth-order valence-electron chi connectivity index (χ4n) is 3.11. The number of thioether (sulfide) groups is 1. The van der Waals surface area contributed by atoms with Crippen molar-refractivity contribution >= 4 is 33.5 Å². The van der Waals surface area contributed by atoms with Crippen molar-refractivity contribution in [2.45, 2.75) is 36.3 Å². The number of carbonyl (C=O) groups is 2. The van der Waals surface area contributed by atoms with E-state index in [0.29, 0.717) is 12.0 Å². The number of esters is 1. The number of carbonyl (C=O) groups excluding carboxylic acids is 2. The van der Waals surface area contributed by atoms with Crippen LogP contribution >= 0.6 is 11.8 Å². The van der Waals surface area contributed by atoms with Crippen molar-refractivity contribution in [3.8, 4) is 0 Å². The molecule has 0 unspecified atom stereocenters. The topological polar surface area (TPSA) is 98.8 Å². The van der Waals surface area contributed by atoms with Crippen LogP contribution < -0.4 is 5.32 Å². The first kappa shape index (κ1) is 20.2. The van der Waals surface area contributed by atoms with Crippen LogP contribution in [0, 0.1) is 0 Å². The van der Waals surface area contributed by atoms with Gasteiger partial charge in [-0.05, 0) is 31.4 Å². The SMILES string of the molecule is O=C(COC(=O)c1ccccc1SC[C@H]1CCCO1)N[C@@H]1CCS(=O)(=O)C1. The maximum atomic E-state index is 12.4. The molecule has 1 aromatic rings. The summed E-state index contributed by atoms with van der Waals surface area (Å²) >= 11 is 1.54. The molecular weight excluding hydrogens is 390 g/mol. The summed E-state index contributed by atoms with van der Waals surface area (Å²) in [6, 6.07) is 6.70. The molecule has 2 atom stereocenters. The van der Waals surface area contributed by atoms with Gasteiger partial charge in [0.2, 0.25) is 0 Å². The Kier molecular flexibility index (Phi) is 6.78. The lowest BCUT2D eigenvalue weighted by molar-refractivity contribution is -0.124. The maximum absolute atomic E-state index is 12.4. The fraction of sp³-hybridized carbons (Fsp3) is 0.556. The van der Waals surface area contributed by atoms with Crippen LogP contribution in [0.25, 0.3) is 0 Å². The Morgan fingerprint density at radius 3 is 2.78 bits per heavy atom. The van der Waals surface area contributed by atoms with E-state index in [1.807, 2.05) is 12.1 Å². The number of benzene rings is 1. The van der Waals surface area contributed by atoms with Gasteiger partial charge in [0.25, 0.3) is 5.91 Å². The first-order chi connectivity index (χ1) is 12.9. The summed E-state index contributed by atoms with van der Waals surface area (Å²) in [5.74, 6) is -0.279. The van der Waals surface area contributed by atoms with E-state index in [9.17, 15) is 18.0 Å². The first-order valence-electron chi connectivity index (χ1n) is 8.93. The Morgan fingerprint density at radius 2 is 2.07 bits per heavy atom. The summed E-state index contributed by atoms with van der Waals surface area (Å²) in [5, 5.41) is 2.60. The summed E-state index contributed by atoms with van der Waals surface area (Å²) < 4.78 is 33.6.